The number of nitro groups is 1. The second kappa shape index (κ2) is 7.15. The van der Waals surface area contributed by atoms with Crippen LogP contribution in [-0.4, -0.2) is 28.6 Å². The molecule has 1 saturated heterocycles. The summed E-state index contributed by atoms with van der Waals surface area (Å²) in [5.41, 5.74) is -0.263. The maximum Gasteiger partial charge on any atom is 0.280 e. The number of anilines is 1. The van der Waals surface area contributed by atoms with Crippen molar-refractivity contribution in [3.8, 4) is 11.5 Å². The van der Waals surface area contributed by atoms with E-state index in [-0.39, 0.29) is 40.2 Å². The summed E-state index contributed by atoms with van der Waals surface area (Å²) in [6.45, 7) is -0.0788. The summed E-state index contributed by atoms with van der Waals surface area (Å²) in [4.78, 5) is 37.3. The van der Waals surface area contributed by atoms with Crippen LogP contribution in [0.15, 0.2) is 42.0 Å². The summed E-state index contributed by atoms with van der Waals surface area (Å²) in [5.74, 6) is -1.01. The number of hydrogen-bond donors (Lipinski definition) is 1. The minimum absolute atomic E-state index is 0.0154. The quantitative estimate of drug-likeness (QED) is 0.261. The molecule has 0 spiro atoms. The van der Waals surface area contributed by atoms with Crippen LogP contribution in [0.1, 0.15) is 5.56 Å². The molecule has 1 N–H and O–H groups in total. The van der Waals surface area contributed by atoms with Gasteiger partial charge in [0, 0.05) is 5.02 Å². The number of carbonyl (C=O) groups excluding carboxylic acids is 2. The number of nitrogens with zero attached hydrogens (tertiary/aromatic N) is 2. The monoisotopic (exact) mass is 431 g/mol. The minimum Gasteiger partial charge on any atom is -0.454 e. The first-order chi connectivity index (χ1) is 13.8. The van der Waals surface area contributed by atoms with Crippen molar-refractivity contribution < 1.29 is 24.0 Å². The highest BCUT2D eigenvalue weighted by Crippen LogP contribution is 2.39. The number of nitrogens with one attached hydrogen (secondary N) is 1. The zero-order valence-electron chi connectivity index (χ0n) is 14.4. The van der Waals surface area contributed by atoms with E-state index in [4.69, 9.17) is 33.3 Å². The number of rotatable bonds is 3. The van der Waals surface area contributed by atoms with E-state index >= 15 is 0 Å². The fraction of sp³-hybridized carbons (Fsp3) is 0.0556. The molecule has 2 aromatic carbocycles. The first kappa shape index (κ1) is 18.8. The molecule has 0 aliphatic carbocycles. The summed E-state index contributed by atoms with van der Waals surface area (Å²) in [6.07, 6.45) is 1.13. The van der Waals surface area contributed by atoms with Gasteiger partial charge in [-0.1, -0.05) is 11.6 Å². The van der Waals surface area contributed by atoms with E-state index in [9.17, 15) is 19.7 Å². The SMILES string of the molecule is O=C1NC(=S)N(c2ccc(Cl)cc2)C(=O)C1=Cc1cc2c(cc1[N+](=O)[O-])OCO2. The third kappa shape index (κ3) is 3.39. The van der Waals surface area contributed by atoms with E-state index in [0.29, 0.717) is 10.7 Å². The largest absolute Gasteiger partial charge is 0.454 e. The smallest absolute Gasteiger partial charge is 0.280 e. The number of nitro benzene ring substituents is 1. The first-order valence-electron chi connectivity index (χ1n) is 8.10. The van der Waals surface area contributed by atoms with Gasteiger partial charge < -0.3 is 9.47 Å². The Morgan fingerprint density at radius 2 is 1.83 bits per heavy atom. The molecule has 146 valence electrons. The van der Waals surface area contributed by atoms with Crippen molar-refractivity contribution in [1.82, 2.24) is 5.32 Å². The number of halogens is 1. The molecule has 4 rings (SSSR count). The Hall–Kier alpha value is -3.50. The summed E-state index contributed by atoms with van der Waals surface area (Å²) in [5, 5.41) is 14.2. The molecule has 2 aromatic rings. The average molecular weight is 432 g/mol. The zero-order valence-corrected chi connectivity index (χ0v) is 16.0. The Kier molecular flexibility index (Phi) is 4.65. The Bertz CT molecular complexity index is 1120. The number of thiocarbonyl (C=S) groups is 1. The molecule has 2 heterocycles. The van der Waals surface area contributed by atoms with Gasteiger partial charge in [0.15, 0.2) is 16.6 Å². The van der Waals surface area contributed by atoms with Crippen LogP contribution in [0, 0.1) is 10.1 Å². The summed E-state index contributed by atoms with van der Waals surface area (Å²) in [7, 11) is 0. The van der Waals surface area contributed by atoms with Crippen LogP contribution in [-0.2, 0) is 9.59 Å². The third-order valence-electron chi connectivity index (χ3n) is 4.20. The van der Waals surface area contributed by atoms with Crippen molar-refractivity contribution in [2.75, 3.05) is 11.7 Å². The number of hydrogen-bond acceptors (Lipinski definition) is 7. The van der Waals surface area contributed by atoms with Crippen LogP contribution < -0.4 is 19.7 Å². The predicted molar refractivity (Wildman–Crippen MR) is 107 cm³/mol. The van der Waals surface area contributed by atoms with Crippen LogP contribution in [0.25, 0.3) is 6.08 Å². The topological polar surface area (TPSA) is 111 Å². The maximum absolute atomic E-state index is 13.0. The van der Waals surface area contributed by atoms with Gasteiger partial charge in [0.1, 0.15) is 5.57 Å². The lowest BCUT2D eigenvalue weighted by Gasteiger charge is -2.28. The molecule has 0 atom stereocenters. The highest BCUT2D eigenvalue weighted by molar-refractivity contribution is 7.80. The number of fused-ring (bicyclic) bond motifs is 1. The van der Waals surface area contributed by atoms with Crippen LogP contribution in [0.2, 0.25) is 5.02 Å². The molecule has 0 saturated carbocycles. The molecular weight excluding hydrogens is 422 g/mol. The van der Waals surface area contributed by atoms with Gasteiger partial charge in [0.25, 0.3) is 17.5 Å². The second-order valence-corrected chi connectivity index (χ2v) is 6.78. The van der Waals surface area contributed by atoms with Gasteiger partial charge in [0.2, 0.25) is 6.79 Å². The molecule has 1 fully saturated rings. The van der Waals surface area contributed by atoms with Gasteiger partial charge >= 0.3 is 0 Å². The summed E-state index contributed by atoms with van der Waals surface area (Å²) in [6, 6.07) is 8.77. The molecule has 2 aliphatic heterocycles. The standard InChI is InChI=1S/C18H10ClN3O6S/c19-10-1-3-11(4-2-10)21-17(24)12(16(23)20-18(21)29)5-9-6-14-15(28-8-27-14)7-13(9)22(25)26/h1-7H,8H2,(H,20,23,29). The first-order valence-corrected chi connectivity index (χ1v) is 8.89. The Labute approximate surface area is 173 Å². The lowest BCUT2D eigenvalue weighted by molar-refractivity contribution is -0.385. The molecule has 0 bridgehead atoms. The normalized spacial score (nSPS) is 16.9. The van der Waals surface area contributed by atoms with E-state index in [1.807, 2.05) is 0 Å². The number of ether oxygens (including phenoxy) is 2. The maximum atomic E-state index is 13.0. The van der Waals surface area contributed by atoms with E-state index in [1.54, 1.807) is 24.3 Å². The van der Waals surface area contributed by atoms with Crippen molar-refractivity contribution in [3.05, 3.63) is 62.7 Å². The van der Waals surface area contributed by atoms with E-state index in [1.165, 1.54) is 12.1 Å². The minimum atomic E-state index is -0.767. The summed E-state index contributed by atoms with van der Waals surface area (Å²) >= 11 is 11.0. The third-order valence-corrected chi connectivity index (χ3v) is 4.74. The van der Waals surface area contributed by atoms with Crippen molar-refractivity contribution in [1.29, 1.82) is 0 Å². The highest BCUT2D eigenvalue weighted by Gasteiger charge is 2.35. The fourth-order valence-corrected chi connectivity index (χ4v) is 3.27. The zero-order chi connectivity index (χ0) is 20.7. The molecule has 2 amide bonds. The average Bonchev–Trinajstić information content (AvgIpc) is 3.13. The Morgan fingerprint density at radius 3 is 2.48 bits per heavy atom. The second-order valence-electron chi connectivity index (χ2n) is 5.96. The van der Waals surface area contributed by atoms with Crippen molar-refractivity contribution in [2.24, 2.45) is 0 Å². The van der Waals surface area contributed by atoms with Crippen molar-refractivity contribution >= 4 is 58.2 Å². The Morgan fingerprint density at radius 1 is 1.17 bits per heavy atom. The lowest BCUT2D eigenvalue weighted by atomic mass is 10.0. The van der Waals surface area contributed by atoms with E-state index < -0.39 is 16.7 Å². The van der Waals surface area contributed by atoms with Crippen molar-refractivity contribution in [3.63, 3.8) is 0 Å². The van der Waals surface area contributed by atoms with Crippen LogP contribution in [0.3, 0.4) is 0 Å². The molecule has 0 unspecified atom stereocenters. The van der Waals surface area contributed by atoms with Gasteiger partial charge in [-0.05, 0) is 48.6 Å². The lowest BCUT2D eigenvalue weighted by Crippen LogP contribution is -2.54. The van der Waals surface area contributed by atoms with Crippen molar-refractivity contribution in [2.45, 2.75) is 0 Å². The van der Waals surface area contributed by atoms with Gasteiger partial charge in [0.05, 0.1) is 22.2 Å². The number of carbonyl (C=O) groups is 2. The van der Waals surface area contributed by atoms with Gasteiger partial charge in [-0.2, -0.15) is 0 Å². The molecule has 11 heteroatoms. The number of benzene rings is 2. The number of amides is 2. The molecule has 2 aliphatic rings. The summed E-state index contributed by atoms with van der Waals surface area (Å²) < 4.78 is 10.4. The van der Waals surface area contributed by atoms with Gasteiger partial charge in [-0.3, -0.25) is 29.9 Å². The van der Waals surface area contributed by atoms with E-state index in [2.05, 4.69) is 5.32 Å². The van der Waals surface area contributed by atoms with Crippen LogP contribution >= 0.6 is 23.8 Å². The predicted octanol–water partition coefficient (Wildman–Crippen LogP) is 2.81. The fourth-order valence-electron chi connectivity index (χ4n) is 2.86. The van der Waals surface area contributed by atoms with Gasteiger partial charge in [-0.25, -0.2) is 0 Å². The molecule has 0 aromatic heterocycles. The van der Waals surface area contributed by atoms with E-state index in [0.717, 1.165) is 11.0 Å². The molecule has 29 heavy (non-hydrogen) atoms. The molecular formula is C18H10ClN3O6S. The Balaban J connectivity index is 1.79. The van der Waals surface area contributed by atoms with Crippen LogP contribution in [0.4, 0.5) is 11.4 Å². The highest BCUT2D eigenvalue weighted by atomic mass is 35.5. The van der Waals surface area contributed by atoms with Crippen LogP contribution in [0.5, 0.6) is 11.5 Å². The molecule has 0 radical (unpaired) electrons. The molecule has 9 nitrogen and oxygen atoms in total. The van der Waals surface area contributed by atoms with Gasteiger partial charge in [-0.15, -0.1) is 0 Å².